The minimum atomic E-state index is -3.94. The summed E-state index contributed by atoms with van der Waals surface area (Å²) in [6.07, 6.45) is 0. The van der Waals surface area contributed by atoms with E-state index in [-0.39, 0.29) is 5.91 Å². The zero-order valence-electron chi connectivity index (χ0n) is 21.0. The first-order valence-corrected chi connectivity index (χ1v) is 17.4. The molecule has 4 aromatic carbocycles. The van der Waals surface area contributed by atoms with E-state index in [4.69, 9.17) is 11.2 Å². The van der Waals surface area contributed by atoms with Crippen LogP contribution in [0.3, 0.4) is 0 Å². The predicted molar refractivity (Wildman–Crippen MR) is 168 cm³/mol. The van der Waals surface area contributed by atoms with Gasteiger partial charge in [0.05, 0.1) is 0 Å². The first-order valence-electron chi connectivity index (χ1n) is 12.3. The number of rotatable bonds is 10. The number of thioether (sulfide) groups is 2. The molecule has 0 saturated carbocycles. The molecule has 0 radical (unpaired) electrons. The zero-order valence-corrected chi connectivity index (χ0v) is 24.3. The third kappa shape index (κ3) is 5.26. The summed E-state index contributed by atoms with van der Waals surface area (Å²) in [7, 11) is 0. The number of amides is 1. The van der Waals surface area contributed by atoms with Crippen LogP contribution in [0, 0.1) is 0 Å². The van der Waals surface area contributed by atoms with Crippen molar-refractivity contribution in [3.63, 3.8) is 0 Å². The van der Waals surface area contributed by atoms with Crippen LogP contribution in [-0.4, -0.2) is 17.4 Å². The molecule has 6 heteroatoms. The minimum absolute atomic E-state index is 0.168. The Kier molecular flexibility index (Phi) is 9.21. The molecule has 0 aromatic heterocycles. The van der Waals surface area contributed by atoms with E-state index < -0.39 is 5.96 Å². The van der Waals surface area contributed by atoms with E-state index in [1.807, 2.05) is 84.9 Å². The summed E-state index contributed by atoms with van der Waals surface area (Å²) in [5, 5.41) is 6.37. The van der Waals surface area contributed by atoms with Gasteiger partial charge in [0.25, 0.3) is 0 Å². The van der Waals surface area contributed by atoms with E-state index in [2.05, 4.69) is 55.6 Å². The number of halogens is 1. The van der Waals surface area contributed by atoms with Gasteiger partial charge < -0.3 is 0 Å². The van der Waals surface area contributed by atoms with Crippen LogP contribution in [0.15, 0.2) is 131 Å². The van der Waals surface area contributed by atoms with Crippen molar-refractivity contribution in [3.05, 3.63) is 137 Å². The average Bonchev–Trinajstić information content (AvgIpc) is 2.97. The van der Waals surface area contributed by atoms with Gasteiger partial charge in [-0.25, -0.2) is 0 Å². The maximum atomic E-state index is 13.8. The van der Waals surface area contributed by atoms with E-state index in [0.717, 1.165) is 37.1 Å². The third-order valence-electron chi connectivity index (χ3n) is 6.16. The fourth-order valence-electron chi connectivity index (χ4n) is 4.50. The molecule has 0 fully saturated rings. The second kappa shape index (κ2) is 12.4. The topological polar surface area (TPSA) is 29.1 Å². The van der Waals surface area contributed by atoms with E-state index >= 15 is 0 Å². The summed E-state index contributed by atoms with van der Waals surface area (Å²) in [4.78, 5) is 13.8. The standard InChI is InChI=1S/C31H31ClNOPS2/c1-3-36-31(37-4-2)30(33-29(34)25-17-9-5-10-18-25)35(32,26-19-11-6-12-20-26,27-21-13-7-14-22-27)28-23-15-8-16-24-28/h5-24H,3-4H2,1-2H3,(H,33,34). The summed E-state index contributed by atoms with van der Waals surface area (Å²) in [6.45, 7) is 4.27. The molecule has 0 spiro atoms. The summed E-state index contributed by atoms with van der Waals surface area (Å²) in [6, 6.07) is 40.2. The molecule has 4 aromatic rings. The normalized spacial score (nSPS) is 12.2. The van der Waals surface area contributed by atoms with Crippen molar-refractivity contribution in [2.45, 2.75) is 13.8 Å². The Balaban J connectivity index is 2.17. The van der Waals surface area contributed by atoms with Gasteiger partial charge in [-0.1, -0.05) is 0 Å². The molecule has 190 valence electrons. The Hall–Kier alpha value is -2.49. The number of nitrogens with one attached hydrogen (secondary N) is 1. The molecule has 0 aliphatic heterocycles. The van der Waals surface area contributed by atoms with Crippen molar-refractivity contribution >= 4 is 62.5 Å². The number of carbonyl (C=O) groups excluding carboxylic acids is 1. The number of hydrogen-bond donors (Lipinski definition) is 1. The second-order valence-electron chi connectivity index (χ2n) is 8.34. The quantitative estimate of drug-likeness (QED) is 0.200. The molecule has 0 heterocycles. The molecule has 0 aliphatic rings. The molecule has 0 atom stereocenters. The van der Waals surface area contributed by atoms with E-state index in [1.165, 1.54) is 0 Å². The number of hydrogen-bond acceptors (Lipinski definition) is 3. The van der Waals surface area contributed by atoms with Gasteiger partial charge in [0, 0.05) is 0 Å². The van der Waals surface area contributed by atoms with Crippen LogP contribution in [0.5, 0.6) is 0 Å². The molecule has 1 amide bonds. The first-order chi connectivity index (χ1) is 18.0. The van der Waals surface area contributed by atoms with Crippen LogP contribution in [0.25, 0.3) is 0 Å². The fourth-order valence-corrected chi connectivity index (χ4v) is 14.1. The van der Waals surface area contributed by atoms with Crippen LogP contribution in [0.2, 0.25) is 0 Å². The molecular weight excluding hydrogens is 533 g/mol. The van der Waals surface area contributed by atoms with Crippen molar-refractivity contribution in [2.24, 2.45) is 0 Å². The van der Waals surface area contributed by atoms with Crippen LogP contribution in [0.1, 0.15) is 24.2 Å². The van der Waals surface area contributed by atoms with Crippen molar-refractivity contribution in [3.8, 4) is 0 Å². The first kappa shape index (κ1) is 27.5. The van der Waals surface area contributed by atoms with Gasteiger partial charge in [-0.3, -0.25) is 0 Å². The Bertz CT molecular complexity index is 1240. The van der Waals surface area contributed by atoms with Gasteiger partial charge in [0.2, 0.25) is 0 Å². The van der Waals surface area contributed by atoms with Crippen molar-refractivity contribution in [1.82, 2.24) is 5.32 Å². The zero-order chi connectivity index (χ0) is 26.2. The monoisotopic (exact) mass is 563 g/mol. The summed E-state index contributed by atoms with van der Waals surface area (Å²) >= 11 is 11.9. The molecule has 4 rings (SSSR count). The van der Waals surface area contributed by atoms with Gasteiger partial charge >= 0.3 is 235 Å². The predicted octanol–water partition coefficient (Wildman–Crippen LogP) is 7.73. The van der Waals surface area contributed by atoms with Gasteiger partial charge in [-0.2, -0.15) is 0 Å². The Labute approximate surface area is 233 Å². The van der Waals surface area contributed by atoms with Crippen LogP contribution in [0.4, 0.5) is 0 Å². The van der Waals surface area contributed by atoms with E-state index in [9.17, 15) is 4.79 Å². The molecular formula is C31H31ClNOPS2. The van der Waals surface area contributed by atoms with Crippen LogP contribution < -0.4 is 21.2 Å². The van der Waals surface area contributed by atoms with Crippen LogP contribution in [-0.2, 0) is 0 Å². The Morgan fingerprint density at radius 2 is 1.00 bits per heavy atom. The van der Waals surface area contributed by atoms with Crippen LogP contribution >= 0.6 is 40.7 Å². The van der Waals surface area contributed by atoms with Gasteiger partial charge in [-0.15, -0.1) is 0 Å². The number of benzene rings is 4. The molecule has 0 unspecified atom stereocenters. The molecule has 37 heavy (non-hydrogen) atoms. The van der Waals surface area contributed by atoms with Crippen molar-refractivity contribution < 1.29 is 4.79 Å². The van der Waals surface area contributed by atoms with Crippen molar-refractivity contribution in [1.29, 1.82) is 0 Å². The van der Waals surface area contributed by atoms with Gasteiger partial charge in [0.15, 0.2) is 0 Å². The molecule has 0 aliphatic carbocycles. The fraction of sp³-hybridized carbons (Fsp3) is 0.129. The average molecular weight is 564 g/mol. The number of carbonyl (C=O) groups is 1. The molecule has 0 bridgehead atoms. The van der Waals surface area contributed by atoms with E-state index in [1.54, 1.807) is 23.5 Å². The maximum absolute atomic E-state index is 13.8. The van der Waals surface area contributed by atoms with Crippen molar-refractivity contribution in [2.75, 3.05) is 11.5 Å². The summed E-state index contributed by atoms with van der Waals surface area (Å²) < 4.78 is 1.04. The Morgan fingerprint density at radius 3 is 1.35 bits per heavy atom. The van der Waals surface area contributed by atoms with Gasteiger partial charge in [-0.05, 0) is 0 Å². The Morgan fingerprint density at radius 1 is 0.649 bits per heavy atom. The van der Waals surface area contributed by atoms with E-state index in [0.29, 0.717) is 5.56 Å². The molecule has 2 nitrogen and oxygen atoms in total. The second-order valence-corrected chi connectivity index (χ2v) is 17.2. The molecule has 1 N–H and O–H groups in total. The SMILES string of the molecule is CCSC(SCC)=C(NC(=O)c1ccccc1)P(Cl)(c1ccccc1)(c1ccccc1)c1ccccc1. The molecule has 0 saturated heterocycles. The van der Waals surface area contributed by atoms with Gasteiger partial charge in [0.1, 0.15) is 0 Å². The summed E-state index contributed by atoms with van der Waals surface area (Å²) in [5.41, 5.74) is 1.38. The summed E-state index contributed by atoms with van der Waals surface area (Å²) in [5.74, 6) is -2.40. The third-order valence-corrected chi connectivity index (χ3v) is 15.9.